The van der Waals surface area contributed by atoms with E-state index in [1.807, 2.05) is 24.3 Å². The van der Waals surface area contributed by atoms with Gasteiger partial charge in [0.15, 0.2) is 5.76 Å². The molecule has 5 heteroatoms. The summed E-state index contributed by atoms with van der Waals surface area (Å²) >= 11 is 12.3. The number of anilines is 1. The highest BCUT2D eigenvalue weighted by Crippen LogP contribution is 2.36. The number of nitrogen functional groups attached to an aromatic ring is 1. The Kier molecular flexibility index (Phi) is 3.38. The molecule has 1 aromatic heterocycles. The second-order valence-electron chi connectivity index (χ2n) is 4.30. The van der Waals surface area contributed by atoms with Gasteiger partial charge in [0.2, 0.25) is 0 Å². The average molecular weight is 305 g/mol. The van der Waals surface area contributed by atoms with E-state index in [-0.39, 0.29) is 0 Å². The lowest BCUT2D eigenvalue weighted by Gasteiger charge is -2.01. The van der Waals surface area contributed by atoms with Gasteiger partial charge in [-0.05, 0) is 24.3 Å². The largest absolute Gasteiger partial charge is 0.399 e. The Morgan fingerprint density at radius 1 is 0.950 bits per heavy atom. The number of hydrogen-bond acceptors (Lipinski definition) is 3. The van der Waals surface area contributed by atoms with Crippen molar-refractivity contribution in [1.29, 1.82) is 0 Å². The van der Waals surface area contributed by atoms with Crippen molar-refractivity contribution >= 4 is 28.9 Å². The number of nitrogens with zero attached hydrogens (tertiary/aromatic N) is 1. The zero-order valence-electron chi connectivity index (χ0n) is 10.3. The molecule has 2 N–H and O–H groups in total. The van der Waals surface area contributed by atoms with E-state index in [0.717, 1.165) is 5.56 Å². The third-order valence-corrected chi connectivity index (χ3v) is 3.56. The molecule has 0 radical (unpaired) electrons. The summed E-state index contributed by atoms with van der Waals surface area (Å²) in [4.78, 5) is 0. The fourth-order valence-corrected chi connectivity index (χ4v) is 2.50. The number of nitrogens with two attached hydrogens (primary N) is 1. The lowest BCUT2D eigenvalue weighted by Crippen LogP contribution is -1.83. The Morgan fingerprint density at radius 3 is 2.25 bits per heavy atom. The minimum absolute atomic E-state index is 0.525. The van der Waals surface area contributed by atoms with E-state index in [4.69, 9.17) is 33.5 Å². The SMILES string of the molecule is Nc1ccc(-c2cc(-c3c(Cl)cccc3Cl)on2)cc1. The van der Waals surface area contributed by atoms with Crippen molar-refractivity contribution in [3.63, 3.8) is 0 Å². The molecule has 0 bridgehead atoms. The van der Waals surface area contributed by atoms with Gasteiger partial charge >= 0.3 is 0 Å². The maximum Gasteiger partial charge on any atom is 0.170 e. The molecule has 20 heavy (non-hydrogen) atoms. The predicted octanol–water partition coefficient (Wildman–Crippen LogP) is 4.90. The molecule has 3 aromatic rings. The molecule has 2 aromatic carbocycles. The molecular formula is C15H10Cl2N2O. The van der Waals surface area contributed by atoms with Crippen LogP contribution in [0.4, 0.5) is 5.69 Å². The smallest absolute Gasteiger partial charge is 0.170 e. The van der Waals surface area contributed by atoms with E-state index in [9.17, 15) is 0 Å². The van der Waals surface area contributed by atoms with E-state index >= 15 is 0 Å². The van der Waals surface area contributed by atoms with Gasteiger partial charge in [-0.2, -0.15) is 0 Å². The van der Waals surface area contributed by atoms with Crippen LogP contribution in [0.1, 0.15) is 0 Å². The molecular weight excluding hydrogens is 295 g/mol. The van der Waals surface area contributed by atoms with Crippen molar-refractivity contribution < 1.29 is 4.52 Å². The molecule has 0 saturated heterocycles. The summed E-state index contributed by atoms with van der Waals surface area (Å²) in [5, 5.41) is 5.09. The van der Waals surface area contributed by atoms with Crippen LogP contribution < -0.4 is 5.73 Å². The average Bonchev–Trinajstić information content (AvgIpc) is 2.89. The van der Waals surface area contributed by atoms with E-state index < -0.39 is 0 Å². The molecule has 1 heterocycles. The minimum atomic E-state index is 0.525. The zero-order valence-corrected chi connectivity index (χ0v) is 11.8. The molecule has 0 aliphatic rings. The molecule has 3 nitrogen and oxygen atoms in total. The molecule has 0 unspecified atom stereocenters. The summed E-state index contributed by atoms with van der Waals surface area (Å²) in [6.07, 6.45) is 0. The molecule has 0 aliphatic heterocycles. The predicted molar refractivity (Wildman–Crippen MR) is 81.8 cm³/mol. The summed E-state index contributed by atoms with van der Waals surface area (Å²) < 4.78 is 5.35. The first-order valence-electron chi connectivity index (χ1n) is 5.92. The van der Waals surface area contributed by atoms with E-state index in [1.54, 1.807) is 24.3 Å². The number of hydrogen-bond donors (Lipinski definition) is 1. The maximum atomic E-state index is 6.15. The molecule has 0 saturated carbocycles. The van der Waals surface area contributed by atoms with Gasteiger partial charge in [0.25, 0.3) is 0 Å². The van der Waals surface area contributed by atoms with Gasteiger partial charge < -0.3 is 10.3 Å². The van der Waals surface area contributed by atoms with Crippen LogP contribution in [0.25, 0.3) is 22.6 Å². The van der Waals surface area contributed by atoms with Gasteiger partial charge in [-0.15, -0.1) is 0 Å². The van der Waals surface area contributed by atoms with Crippen molar-refractivity contribution in [2.24, 2.45) is 0 Å². The highest BCUT2D eigenvalue weighted by atomic mass is 35.5. The topological polar surface area (TPSA) is 52.0 Å². The van der Waals surface area contributed by atoms with E-state index in [1.165, 1.54) is 0 Å². The van der Waals surface area contributed by atoms with Crippen molar-refractivity contribution in [1.82, 2.24) is 5.16 Å². The molecule has 0 amide bonds. The van der Waals surface area contributed by atoms with Crippen molar-refractivity contribution in [3.05, 3.63) is 58.6 Å². The highest BCUT2D eigenvalue weighted by molar-refractivity contribution is 6.39. The van der Waals surface area contributed by atoms with E-state index in [0.29, 0.717) is 32.8 Å². The van der Waals surface area contributed by atoms with Crippen molar-refractivity contribution in [2.75, 3.05) is 5.73 Å². The Hall–Kier alpha value is -1.97. The quantitative estimate of drug-likeness (QED) is 0.685. The van der Waals surface area contributed by atoms with Crippen molar-refractivity contribution in [3.8, 4) is 22.6 Å². The summed E-state index contributed by atoms with van der Waals surface area (Å²) in [7, 11) is 0. The second-order valence-corrected chi connectivity index (χ2v) is 5.11. The number of rotatable bonds is 2. The van der Waals surface area contributed by atoms with Crippen LogP contribution in [-0.4, -0.2) is 5.16 Å². The molecule has 0 aliphatic carbocycles. The normalized spacial score (nSPS) is 10.7. The third kappa shape index (κ3) is 2.38. The monoisotopic (exact) mass is 304 g/mol. The second kappa shape index (κ2) is 5.19. The molecule has 0 atom stereocenters. The van der Waals surface area contributed by atoms with Gasteiger partial charge in [0.05, 0.1) is 15.6 Å². The fourth-order valence-electron chi connectivity index (χ4n) is 1.92. The van der Waals surface area contributed by atoms with Gasteiger partial charge in [-0.1, -0.05) is 46.6 Å². The number of benzene rings is 2. The molecule has 0 fully saturated rings. The van der Waals surface area contributed by atoms with Crippen LogP contribution >= 0.6 is 23.2 Å². The van der Waals surface area contributed by atoms with Crippen LogP contribution in [0, 0.1) is 0 Å². The van der Waals surface area contributed by atoms with E-state index in [2.05, 4.69) is 5.16 Å². The first kappa shape index (κ1) is 13.0. The molecule has 100 valence electrons. The van der Waals surface area contributed by atoms with Crippen molar-refractivity contribution in [2.45, 2.75) is 0 Å². The Balaban J connectivity index is 2.04. The number of halogens is 2. The van der Waals surface area contributed by atoms with Crippen LogP contribution in [-0.2, 0) is 0 Å². The Labute approximate surface area is 125 Å². The van der Waals surface area contributed by atoms with Crippen LogP contribution in [0.15, 0.2) is 53.1 Å². The maximum absolute atomic E-state index is 6.15. The zero-order chi connectivity index (χ0) is 14.1. The minimum Gasteiger partial charge on any atom is -0.399 e. The molecule has 3 rings (SSSR count). The highest BCUT2D eigenvalue weighted by Gasteiger charge is 2.14. The van der Waals surface area contributed by atoms with Gasteiger partial charge in [-0.3, -0.25) is 0 Å². The Morgan fingerprint density at radius 2 is 1.60 bits per heavy atom. The summed E-state index contributed by atoms with van der Waals surface area (Å²) in [6, 6.07) is 14.5. The summed E-state index contributed by atoms with van der Waals surface area (Å²) in [5.74, 6) is 0.535. The van der Waals surface area contributed by atoms with Gasteiger partial charge in [0, 0.05) is 17.3 Å². The number of aromatic nitrogens is 1. The first-order valence-corrected chi connectivity index (χ1v) is 6.68. The first-order chi connectivity index (χ1) is 9.65. The van der Waals surface area contributed by atoms with Crippen LogP contribution in [0.5, 0.6) is 0 Å². The summed E-state index contributed by atoms with van der Waals surface area (Å²) in [5.41, 5.74) is 8.62. The fraction of sp³-hybridized carbons (Fsp3) is 0. The third-order valence-electron chi connectivity index (χ3n) is 2.93. The lowest BCUT2D eigenvalue weighted by atomic mass is 10.1. The lowest BCUT2D eigenvalue weighted by molar-refractivity contribution is 0.435. The van der Waals surface area contributed by atoms with Crippen LogP contribution in [0.2, 0.25) is 10.0 Å². The van der Waals surface area contributed by atoms with Crippen LogP contribution in [0.3, 0.4) is 0 Å². The standard InChI is InChI=1S/C15H10Cl2N2O/c16-11-2-1-3-12(17)15(11)14-8-13(19-20-14)9-4-6-10(18)7-5-9/h1-8H,18H2. The summed E-state index contributed by atoms with van der Waals surface area (Å²) in [6.45, 7) is 0. The Bertz CT molecular complexity index is 731. The molecule has 0 spiro atoms. The van der Waals surface area contributed by atoms with Gasteiger partial charge in [-0.25, -0.2) is 0 Å². The van der Waals surface area contributed by atoms with Gasteiger partial charge in [0.1, 0.15) is 5.69 Å².